The number of hydrogen-bond donors (Lipinski definition) is 1. The van der Waals surface area contributed by atoms with Crippen molar-refractivity contribution >= 4 is 23.2 Å². The second kappa shape index (κ2) is 5.20. The van der Waals surface area contributed by atoms with Crippen molar-refractivity contribution in [3.63, 3.8) is 0 Å². The molecule has 21 heavy (non-hydrogen) atoms. The van der Waals surface area contributed by atoms with Crippen molar-refractivity contribution in [2.75, 3.05) is 0 Å². The van der Waals surface area contributed by atoms with E-state index in [9.17, 15) is 14.7 Å². The van der Waals surface area contributed by atoms with E-state index in [0.717, 1.165) is 11.8 Å². The number of rotatable bonds is 4. The normalized spacial score (nSPS) is 10.7. The van der Waals surface area contributed by atoms with Gasteiger partial charge in [0.2, 0.25) is 0 Å². The summed E-state index contributed by atoms with van der Waals surface area (Å²) >= 11 is 0. The third kappa shape index (κ3) is 2.18. The van der Waals surface area contributed by atoms with Gasteiger partial charge in [0.15, 0.2) is 5.69 Å². The van der Waals surface area contributed by atoms with Gasteiger partial charge in [-0.3, -0.25) is 0 Å². The van der Waals surface area contributed by atoms with Gasteiger partial charge < -0.3 is 9.90 Å². The van der Waals surface area contributed by atoms with E-state index in [1.807, 2.05) is 36.4 Å². The number of carbonyl (C=O) groups excluding carboxylic acids is 1. The summed E-state index contributed by atoms with van der Waals surface area (Å²) in [6.45, 7) is 0. The highest BCUT2D eigenvalue weighted by molar-refractivity contribution is 6.01. The fourth-order valence-electron chi connectivity index (χ4n) is 2.39. The standard InChI is InChI=1S/C16H12N2O3/c19-10-9-11-5-1-3-7-13(11)18-14-8-4-2-6-12(14)15(17-18)16(20)21/h1-8,10H,9H2,(H,20,21). The summed E-state index contributed by atoms with van der Waals surface area (Å²) < 4.78 is 1.58. The number of carboxylic acid groups (broad SMARTS) is 1. The first-order valence-corrected chi connectivity index (χ1v) is 6.45. The molecule has 2 aromatic carbocycles. The van der Waals surface area contributed by atoms with Crippen LogP contribution in [0.5, 0.6) is 0 Å². The lowest BCUT2D eigenvalue weighted by atomic mass is 10.1. The van der Waals surface area contributed by atoms with Crippen molar-refractivity contribution in [2.24, 2.45) is 0 Å². The summed E-state index contributed by atoms with van der Waals surface area (Å²) in [6.07, 6.45) is 1.08. The van der Waals surface area contributed by atoms with Gasteiger partial charge in [-0.2, -0.15) is 5.10 Å². The first kappa shape index (κ1) is 13.1. The highest BCUT2D eigenvalue weighted by Crippen LogP contribution is 2.24. The number of carbonyl (C=O) groups is 2. The number of para-hydroxylation sites is 2. The maximum Gasteiger partial charge on any atom is 0.357 e. The van der Waals surface area contributed by atoms with Gasteiger partial charge in [0, 0.05) is 11.8 Å². The zero-order valence-corrected chi connectivity index (χ0v) is 11.1. The lowest BCUT2D eigenvalue weighted by Gasteiger charge is -2.08. The third-order valence-corrected chi connectivity index (χ3v) is 3.31. The van der Waals surface area contributed by atoms with E-state index in [4.69, 9.17) is 0 Å². The Bertz CT molecular complexity index is 836. The Kier molecular flexibility index (Phi) is 3.23. The molecule has 0 aliphatic carbocycles. The average molecular weight is 280 g/mol. The second-order valence-electron chi connectivity index (χ2n) is 4.58. The molecular formula is C16H12N2O3. The molecule has 104 valence electrons. The summed E-state index contributed by atoms with van der Waals surface area (Å²) in [6, 6.07) is 14.5. The molecule has 0 aliphatic rings. The van der Waals surface area contributed by atoms with Gasteiger partial charge in [-0.25, -0.2) is 9.48 Å². The number of aromatic carboxylic acids is 1. The first-order chi connectivity index (χ1) is 10.2. The van der Waals surface area contributed by atoms with Crippen LogP contribution in [0.4, 0.5) is 0 Å². The molecule has 1 heterocycles. The van der Waals surface area contributed by atoms with Crippen LogP contribution in [0.3, 0.4) is 0 Å². The van der Waals surface area contributed by atoms with Gasteiger partial charge >= 0.3 is 5.97 Å². The summed E-state index contributed by atoms with van der Waals surface area (Å²) in [5, 5.41) is 14.1. The van der Waals surface area contributed by atoms with E-state index < -0.39 is 5.97 Å². The number of fused-ring (bicyclic) bond motifs is 1. The molecule has 0 unspecified atom stereocenters. The molecule has 0 aliphatic heterocycles. The molecule has 0 amide bonds. The van der Waals surface area contributed by atoms with Crippen molar-refractivity contribution < 1.29 is 14.7 Å². The van der Waals surface area contributed by atoms with Gasteiger partial charge in [-0.1, -0.05) is 36.4 Å². The molecule has 3 aromatic rings. The molecule has 0 saturated heterocycles. The number of benzene rings is 2. The van der Waals surface area contributed by atoms with Crippen LogP contribution in [0, 0.1) is 0 Å². The molecule has 0 atom stereocenters. The van der Waals surface area contributed by atoms with Gasteiger partial charge in [0.1, 0.15) is 6.29 Å². The molecular weight excluding hydrogens is 268 g/mol. The van der Waals surface area contributed by atoms with Crippen LogP contribution >= 0.6 is 0 Å². The highest BCUT2D eigenvalue weighted by Gasteiger charge is 2.17. The van der Waals surface area contributed by atoms with Crippen LogP contribution in [0.2, 0.25) is 0 Å². The number of nitrogens with zero attached hydrogens (tertiary/aromatic N) is 2. The molecule has 1 aromatic heterocycles. The molecule has 0 saturated carbocycles. The number of aromatic nitrogens is 2. The van der Waals surface area contributed by atoms with Crippen molar-refractivity contribution in [1.29, 1.82) is 0 Å². The maximum atomic E-state index is 11.3. The minimum atomic E-state index is -1.07. The van der Waals surface area contributed by atoms with Crippen molar-refractivity contribution in [3.05, 3.63) is 59.8 Å². The minimum absolute atomic E-state index is 0.00602. The summed E-state index contributed by atoms with van der Waals surface area (Å²) in [7, 11) is 0. The monoisotopic (exact) mass is 280 g/mol. The van der Waals surface area contributed by atoms with Gasteiger partial charge in [0.05, 0.1) is 11.2 Å². The lowest BCUT2D eigenvalue weighted by molar-refractivity contribution is -0.107. The summed E-state index contributed by atoms with van der Waals surface area (Å²) in [4.78, 5) is 22.1. The van der Waals surface area contributed by atoms with Crippen LogP contribution in [0.15, 0.2) is 48.5 Å². The fourth-order valence-corrected chi connectivity index (χ4v) is 2.39. The van der Waals surface area contributed by atoms with E-state index in [-0.39, 0.29) is 12.1 Å². The fraction of sp³-hybridized carbons (Fsp3) is 0.0625. The number of hydrogen-bond acceptors (Lipinski definition) is 3. The van der Waals surface area contributed by atoms with Crippen LogP contribution in [-0.2, 0) is 11.2 Å². The Hall–Kier alpha value is -2.95. The third-order valence-electron chi connectivity index (χ3n) is 3.31. The Labute approximate surface area is 120 Å². The van der Waals surface area contributed by atoms with E-state index in [2.05, 4.69) is 5.10 Å². The van der Waals surface area contributed by atoms with E-state index in [1.54, 1.807) is 16.8 Å². The quantitative estimate of drug-likeness (QED) is 0.745. The second-order valence-corrected chi connectivity index (χ2v) is 4.58. The predicted molar refractivity (Wildman–Crippen MR) is 77.8 cm³/mol. The predicted octanol–water partition coefficient (Wildman–Crippen LogP) is 2.47. The molecule has 0 fully saturated rings. The minimum Gasteiger partial charge on any atom is -0.476 e. The van der Waals surface area contributed by atoms with Gasteiger partial charge in [-0.05, 0) is 17.7 Å². The zero-order chi connectivity index (χ0) is 14.8. The molecule has 0 radical (unpaired) electrons. The van der Waals surface area contributed by atoms with Gasteiger partial charge in [-0.15, -0.1) is 0 Å². The SMILES string of the molecule is O=CCc1ccccc1-n1nc(C(=O)O)c2ccccc21. The summed E-state index contributed by atoms with van der Waals surface area (Å²) in [5.41, 5.74) is 2.23. The molecule has 5 heteroatoms. The number of aldehydes is 1. The van der Waals surface area contributed by atoms with Crippen molar-refractivity contribution in [1.82, 2.24) is 9.78 Å². The number of carboxylic acids is 1. The van der Waals surface area contributed by atoms with Crippen LogP contribution in [0.25, 0.3) is 16.6 Å². The van der Waals surface area contributed by atoms with E-state index >= 15 is 0 Å². The van der Waals surface area contributed by atoms with Crippen LogP contribution in [0.1, 0.15) is 16.1 Å². The molecule has 1 N–H and O–H groups in total. The molecule has 0 spiro atoms. The van der Waals surface area contributed by atoms with Crippen LogP contribution in [-0.4, -0.2) is 27.1 Å². The van der Waals surface area contributed by atoms with Crippen molar-refractivity contribution in [3.8, 4) is 5.69 Å². The molecule has 0 bridgehead atoms. The Morgan fingerprint density at radius 1 is 1.14 bits per heavy atom. The molecule has 3 rings (SSSR count). The zero-order valence-electron chi connectivity index (χ0n) is 11.1. The topological polar surface area (TPSA) is 72.2 Å². The Morgan fingerprint density at radius 2 is 1.86 bits per heavy atom. The van der Waals surface area contributed by atoms with Crippen LogP contribution < -0.4 is 0 Å². The Morgan fingerprint density at radius 3 is 2.62 bits per heavy atom. The summed E-state index contributed by atoms with van der Waals surface area (Å²) in [5.74, 6) is -1.07. The average Bonchev–Trinajstić information content (AvgIpc) is 2.88. The smallest absolute Gasteiger partial charge is 0.357 e. The van der Waals surface area contributed by atoms with E-state index in [0.29, 0.717) is 16.6 Å². The Balaban J connectivity index is 2.31. The first-order valence-electron chi connectivity index (χ1n) is 6.45. The van der Waals surface area contributed by atoms with Crippen molar-refractivity contribution in [2.45, 2.75) is 6.42 Å². The maximum absolute atomic E-state index is 11.3. The largest absolute Gasteiger partial charge is 0.476 e. The van der Waals surface area contributed by atoms with E-state index in [1.165, 1.54) is 0 Å². The molecule has 5 nitrogen and oxygen atoms in total. The van der Waals surface area contributed by atoms with Gasteiger partial charge in [0.25, 0.3) is 0 Å². The lowest BCUT2D eigenvalue weighted by Crippen LogP contribution is -2.04. The highest BCUT2D eigenvalue weighted by atomic mass is 16.4.